The van der Waals surface area contributed by atoms with E-state index in [1.165, 1.54) is 12.4 Å². The molecule has 0 unspecified atom stereocenters. The third-order valence-corrected chi connectivity index (χ3v) is 3.46. The molecule has 0 bridgehead atoms. The molecule has 1 aliphatic heterocycles. The zero-order valence-electron chi connectivity index (χ0n) is 10.4. The highest BCUT2D eigenvalue weighted by molar-refractivity contribution is 9.10. The Morgan fingerprint density at radius 1 is 1.53 bits per heavy atom. The van der Waals surface area contributed by atoms with Crippen molar-refractivity contribution >= 4 is 27.3 Å². The number of anilines is 1. The third kappa shape index (κ3) is 3.40. The quantitative estimate of drug-likeness (QED) is 0.658. The molecule has 1 aromatic heterocycles. The van der Waals surface area contributed by atoms with Crippen LogP contribution in [0.25, 0.3) is 0 Å². The number of pyridine rings is 1. The van der Waals surface area contributed by atoms with Crippen molar-refractivity contribution in [3.05, 3.63) is 27.0 Å². The van der Waals surface area contributed by atoms with E-state index in [1.54, 1.807) is 0 Å². The van der Waals surface area contributed by atoms with Crippen molar-refractivity contribution in [3.8, 4) is 0 Å². The molecule has 0 aromatic carbocycles. The smallest absolute Gasteiger partial charge is 0.311 e. The van der Waals surface area contributed by atoms with Gasteiger partial charge in [-0.25, -0.2) is 0 Å². The number of aromatic nitrogens is 1. The fourth-order valence-electron chi connectivity index (χ4n) is 1.85. The topological polar surface area (TPSA) is 86.5 Å². The number of nitrogens with one attached hydrogen (secondary N) is 1. The van der Waals surface area contributed by atoms with E-state index in [0.29, 0.717) is 36.3 Å². The highest BCUT2D eigenvalue weighted by Crippen LogP contribution is 2.31. The van der Waals surface area contributed by atoms with Crippen LogP contribution in [0.1, 0.15) is 13.3 Å². The van der Waals surface area contributed by atoms with Crippen molar-refractivity contribution in [2.45, 2.75) is 19.1 Å². The number of nitro groups is 1. The summed E-state index contributed by atoms with van der Waals surface area (Å²) in [5.74, 6) is -0.610. The van der Waals surface area contributed by atoms with Crippen LogP contribution in [0.15, 0.2) is 16.9 Å². The van der Waals surface area contributed by atoms with Crippen molar-refractivity contribution in [2.24, 2.45) is 0 Å². The van der Waals surface area contributed by atoms with Crippen molar-refractivity contribution < 1.29 is 14.4 Å². The van der Waals surface area contributed by atoms with Gasteiger partial charge in [0.05, 0.1) is 22.6 Å². The molecule has 0 aliphatic carbocycles. The van der Waals surface area contributed by atoms with Crippen molar-refractivity contribution in [3.63, 3.8) is 0 Å². The molecular formula is C11H14BrN3O4. The fraction of sp³-hybridized carbons (Fsp3) is 0.545. The molecule has 1 aromatic rings. The van der Waals surface area contributed by atoms with Gasteiger partial charge in [0.25, 0.3) is 0 Å². The molecule has 1 saturated heterocycles. The maximum atomic E-state index is 10.9. The van der Waals surface area contributed by atoms with Gasteiger partial charge in [-0.3, -0.25) is 15.1 Å². The van der Waals surface area contributed by atoms with Gasteiger partial charge in [0.15, 0.2) is 5.79 Å². The Morgan fingerprint density at radius 3 is 2.84 bits per heavy atom. The van der Waals surface area contributed by atoms with E-state index in [1.807, 2.05) is 6.92 Å². The van der Waals surface area contributed by atoms with Gasteiger partial charge < -0.3 is 14.8 Å². The Hall–Kier alpha value is -1.25. The van der Waals surface area contributed by atoms with Crippen LogP contribution in [0.5, 0.6) is 0 Å². The minimum atomic E-state index is -0.610. The van der Waals surface area contributed by atoms with Crippen LogP contribution >= 0.6 is 15.9 Å². The predicted octanol–water partition coefficient (Wildman–Crippen LogP) is 2.32. The Morgan fingerprint density at radius 2 is 2.21 bits per heavy atom. The molecule has 104 valence electrons. The maximum Gasteiger partial charge on any atom is 0.311 e. The van der Waals surface area contributed by atoms with Gasteiger partial charge in [-0.1, -0.05) is 0 Å². The van der Waals surface area contributed by atoms with E-state index in [0.717, 1.165) is 0 Å². The summed E-state index contributed by atoms with van der Waals surface area (Å²) in [6.07, 6.45) is 3.33. The van der Waals surface area contributed by atoms with Crippen molar-refractivity contribution in [1.29, 1.82) is 0 Å². The molecule has 0 radical (unpaired) electrons. The molecule has 7 nitrogen and oxygen atoms in total. The summed E-state index contributed by atoms with van der Waals surface area (Å²) in [5.41, 5.74) is 0.356. The first kappa shape index (κ1) is 14.2. The summed E-state index contributed by atoms with van der Waals surface area (Å²) in [6.45, 7) is 3.52. The lowest BCUT2D eigenvalue weighted by atomic mass is 10.2. The summed E-state index contributed by atoms with van der Waals surface area (Å²) in [6, 6.07) is 0. The first-order chi connectivity index (χ1) is 9.02. The average molecular weight is 332 g/mol. The number of nitrogens with zero attached hydrogens (tertiary/aromatic N) is 2. The van der Waals surface area contributed by atoms with Crippen molar-refractivity contribution in [1.82, 2.24) is 4.98 Å². The second-order valence-corrected chi connectivity index (χ2v) is 5.13. The molecule has 0 spiro atoms. The van der Waals surface area contributed by atoms with Gasteiger partial charge >= 0.3 is 5.69 Å². The molecule has 8 heteroatoms. The molecular weight excluding hydrogens is 318 g/mol. The molecule has 1 aliphatic rings. The van der Waals surface area contributed by atoms with Crippen LogP contribution in [0.3, 0.4) is 0 Å². The molecule has 2 rings (SSSR count). The summed E-state index contributed by atoms with van der Waals surface area (Å²) < 4.78 is 11.5. The van der Waals surface area contributed by atoms with E-state index in [4.69, 9.17) is 9.47 Å². The summed E-state index contributed by atoms with van der Waals surface area (Å²) in [4.78, 5) is 14.2. The second-order valence-electron chi connectivity index (χ2n) is 4.28. The highest BCUT2D eigenvalue weighted by Gasteiger charge is 2.30. The second kappa shape index (κ2) is 5.81. The van der Waals surface area contributed by atoms with Crippen LogP contribution in [0, 0.1) is 10.1 Å². The van der Waals surface area contributed by atoms with E-state index < -0.39 is 10.7 Å². The molecule has 19 heavy (non-hydrogen) atoms. The normalized spacial score (nSPS) is 17.4. The highest BCUT2D eigenvalue weighted by atomic mass is 79.9. The Kier molecular flexibility index (Phi) is 4.33. The van der Waals surface area contributed by atoms with Crippen LogP contribution < -0.4 is 5.32 Å². The van der Waals surface area contributed by atoms with Gasteiger partial charge in [0.1, 0.15) is 11.9 Å². The number of hydrogen-bond donors (Lipinski definition) is 1. The molecule has 1 N–H and O–H groups in total. The van der Waals surface area contributed by atoms with Crippen LogP contribution in [0.4, 0.5) is 11.4 Å². The summed E-state index contributed by atoms with van der Waals surface area (Å²) in [7, 11) is 0. The predicted molar refractivity (Wildman–Crippen MR) is 72.0 cm³/mol. The summed E-state index contributed by atoms with van der Waals surface area (Å²) >= 11 is 3.25. The van der Waals surface area contributed by atoms with E-state index in [9.17, 15) is 10.1 Å². The van der Waals surface area contributed by atoms with E-state index >= 15 is 0 Å². The SMILES string of the molecule is CC1(CCNc2c(Br)cncc2[N+](=O)[O-])OCCO1. The van der Waals surface area contributed by atoms with Crippen LogP contribution in [0.2, 0.25) is 0 Å². The van der Waals surface area contributed by atoms with Crippen LogP contribution in [-0.2, 0) is 9.47 Å². The standard InChI is InChI=1S/C11H14BrN3O4/c1-11(18-4-5-19-11)2-3-14-10-8(12)6-13-7-9(10)15(16)17/h6-7H,2-5H2,1H3,(H,13,14). The minimum absolute atomic E-state index is 0.0622. The Balaban J connectivity index is 2.01. The zero-order valence-corrected chi connectivity index (χ0v) is 12.0. The first-order valence-corrected chi connectivity index (χ1v) is 6.61. The maximum absolute atomic E-state index is 10.9. The molecule has 0 saturated carbocycles. The number of hydrogen-bond acceptors (Lipinski definition) is 6. The molecule has 0 amide bonds. The minimum Gasteiger partial charge on any atom is -0.378 e. The van der Waals surface area contributed by atoms with E-state index in [2.05, 4.69) is 26.2 Å². The number of halogens is 1. The van der Waals surface area contributed by atoms with Gasteiger partial charge in [-0.15, -0.1) is 0 Å². The number of rotatable bonds is 5. The summed E-state index contributed by atoms with van der Waals surface area (Å²) in [5, 5.41) is 13.9. The molecule has 1 fully saturated rings. The number of ether oxygens (including phenoxy) is 2. The van der Waals surface area contributed by atoms with E-state index in [-0.39, 0.29) is 5.69 Å². The fourth-order valence-corrected chi connectivity index (χ4v) is 2.32. The van der Waals surface area contributed by atoms with Gasteiger partial charge in [-0.2, -0.15) is 0 Å². The average Bonchev–Trinajstić information content (AvgIpc) is 2.78. The lowest BCUT2D eigenvalue weighted by molar-refractivity contribution is -0.384. The molecule has 2 heterocycles. The van der Waals surface area contributed by atoms with Crippen molar-refractivity contribution in [2.75, 3.05) is 25.1 Å². The van der Waals surface area contributed by atoms with Gasteiger partial charge in [-0.05, 0) is 22.9 Å². The first-order valence-electron chi connectivity index (χ1n) is 5.81. The van der Waals surface area contributed by atoms with Crippen LogP contribution in [-0.4, -0.2) is 35.5 Å². The lowest BCUT2D eigenvalue weighted by Crippen LogP contribution is -2.28. The molecule has 0 atom stereocenters. The largest absolute Gasteiger partial charge is 0.378 e. The lowest BCUT2D eigenvalue weighted by Gasteiger charge is -2.22. The third-order valence-electron chi connectivity index (χ3n) is 2.86. The van der Waals surface area contributed by atoms with Gasteiger partial charge in [0, 0.05) is 19.2 Å². The Labute approximate surface area is 118 Å². The van der Waals surface area contributed by atoms with Gasteiger partial charge in [0.2, 0.25) is 0 Å². The monoisotopic (exact) mass is 331 g/mol. The Bertz CT molecular complexity index is 477. The zero-order chi connectivity index (χ0) is 13.9.